The Labute approximate surface area is 110 Å². The third-order valence-corrected chi connectivity index (χ3v) is 3.90. The molecule has 0 aromatic carbocycles. The van der Waals surface area contributed by atoms with Crippen molar-refractivity contribution in [3.63, 3.8) is 0 Å². The quantitative estimate of drug-likeness (QED) is 0.924. The SMILES string of the molecule is Cc1nc(-c2ccc(Br)s2)nc(C)c1C(=O)O. The summed E-state index contributed by atoms with van der Waals surface area (Å²) in [5.74, 6) is -0.417. The standard InChI is InChI=1S/C11H9BrN2O2S/c1-5-9(11(15)16)6(2)14-10(13-5)7-3-4-8(12)17-7/h3-4H,1-2H3,(H,15,16). The van der Waals surface area contributed by atoms with Gasteiger partial charge in [-0.05, 0) is 41.9 Å². The Morgan fingerprint density at radius 3 is 2.29 bits per heavy atom. The minimum Gasteiger partial charge on any atom is -0.478 e. The van der Waals surface area contributed by atoms with E-state index in [1.165, 1.54) is 11.3 Å². The zero-order valence-electron chi connectivity index (χ0n) is 9.19. The Morgan fingerprint density at radius 1 is 1.29 bits per heavy atom. The van der Waals surface area contributed by atoms with E-state index >= 15 is 0 Å². The number of hydrogen-bond donors (Lipinski definition) is 1. The predicted molar refractivity (Wildman–Crippen MR) is 69.5 cm³/mol. The average Bonchev–Trinajstić information content (AvgIpc) is 2.63. The van der Waals surface area contributed by atoms with E-state index in [0.29, 0.717) is 17.2 Å². The first-order chi connectivity index (χ1) is 7.99. The van der Waals surface area contributed by atoms with Gasteiger partial charge in [-0.3, -0.25) is 0 Å². The molecule has 0 spiro atoms. The van der Waals surface area contributed by atoms with Crippen LogP contribution in [0.3, 0.4) is 0 Å². The molecule has 6 heteroatoms. The molecule has 2 aromatic heterocycles. The van der Waals surface area contributed by atoms with Crippen molar-refractivity contribution in [1.29, 1.82) is 0 Å². The predicted octanol–water partition coefficient (Wildman–Crippen LogP) is 3.28. The molecular weight excluding hydrogens is 304 g/mol. The molecule has 0 fully saturated rings. The van der Waals surface area contributed by atoms with Crippen LogP contribution in [-0.2, 0) is 0 Å². The minimum atomic E-state index is -0.987. The lowest BCUT2D eigenvalue weighted by Gasteiger charge is -2.05. The summed E-state index contributed by atoms with van der Waals surface area (Å²) in [7, 11) is 0. The fourth-order valence-corrected chi connectivity index (χ4v) is 2.89. The molecule has 88 valence electrons. The third-order valence-electron chi connectivity index (χ3n) is 2.28. The lowest BCUT2D eigenvalue weighted by atomic mass is 10.2. The lowest BCUT2D eigenvalue weighted by molar-refractivity contribution is 0.0694. The van der Waals surface area contributed by atoms with Gasteiger partial charge in [0, 0.05) is 0 Å². The van der Waals surface area contributed by atoms with Crippen molar-refractivity contribution in [2.75, 3.05) is 0 Å². The summed E-state index contributed by atoms with van der Waals surface area (Å²) < 4.78 is 0.994. The second-order valence-corrected chi connectivity index (χ2v) is 5.96. The van der Waals surface area contributed by atoms with Gasteiger partial charge in [0.15, 0.2) is 5.82 Å². The molecule has 0 aliphatic heterocycles. The van der Waals surface area contributed by atoms with Crippen LogP contribution in [0.5, 0.6) is 0 Å². The number of nitrogens with zero attached hydrogens (tertiary/aromatic N) is 2. The number of thiophene rings is 1. The van der Waals surface area contributed by atoms with Crippen LogP contribution in [-0.4, -0.2) is 21.0 Å². The van der Waals surface area contributed by atoms with Crippen molar-refractivity contribution >= 4 is 33.2 Å². The second kappa shape index (κ2) is 4.54. The highest BCUT2D eigenvalue weighted by Crippen LogP contribution is 2.29. The molecule has 0 saturated carbocycles. The second-order valence-electron chi connectivity index (χ2n) is 3.50. The highest BCUT2D eigenvalue weighted by molar-refractivity contribution is 9.11. The largest absolute Gasteiger partial charge is 0.478 e. The molecule has 4 nitrogen and oxygen atoms in total. The van der Waals surface area contributed by atoms with Gasteiger partial charge in [-0.25, -0.2) is 14.8 Å². The van der Waals surface area contributed by atoms with Gasteiger partial charge < -0.3 is 5.11 Å². The van der Waals surface area contributed by atoms with Gasteiger partial charge in [0.25, 0.3) is 0 Å². The molecule has 2 rings (SSSR count). The van der Waals surface area contributed by atoms with E-state index in [0.717, 1.165) is 8.66 Å². The van der Waals surface area contributed by atoms with Crippen LogP contribution in [0.4, 0.5) is 0 Å². The Balaban J connectivity index is 2.56. The molecule has 0 unspecified atom stereocenters. The first kappa shape index (κ1) is 12.2. The van der Waals surface area contributed by atoms with Gasteiger partial charge in [-0.1, -0.05) is 0 Å². The van der Waals surface area contributed by atoms with Crippen LogP contribution >= 0.6 is 27.3 Å². The summed E-state index contributed by atoms with van der Waals surface area (Å²) >= 11 is 4.89. The van der Waals surface area contributed by atoms with E-state index in [4.69, 9.17) is 5.11 Å². The molecule has 0 aliphatic carbocycles. The zero-order valence-corrected chi connectivity index (χ0v) is 11.6. The smallest absolute Gasteiger partial charge is 0.339 e. The first-order valence-electron chi connectivity index (χ1n) is 4.83. The molecule has 0 saturated heterocycles. The fraction of sp³-hybridized carbons (Fsp3) is 0.182. The summed E-state index contributed by atoms with van der Waals surface area (Å²) in [4.78, 5) is 20.4. The van der Waals surface area contributed by atoms with Crippen molar-refractivity contribution < 1.29 is 9.90 Å². The Kier molecular flexibility index (Phi) is 3.26. The molecule has 0 amide bonds. The molecule has 17 heavy (non-hydrogen) atoms. The molecule has 0 bridgehead atoms. The number of aromatic nitrogens is 2. The van der Waals surface area contributed by atoms with Gasteiger partial charge in [0.05, 0.1) is 20.1 Å². The van der Waals surface area contributed by atoms with E-state index < -0.39 is 5.97 Å². The van der Waals surface area contributed by atoms with E-state index in [9.17, 15) is 4.79 Å². The van der Waals surface area contributed by atoms with E-state index in [-0.39, 0.29) is 5.56 Å². The lowest BCUT2D eigenvalue weighted by Crippen LogP contribution is -2.08. The van der Waals surface area contributed by atoms with Crippen LogP contribution in [0.25, 0.3) is 10.7 Å². The van der Waals surface area contributed by atoms with Crippen molar-refractivity contribution in [1.82, 2.24) is 9.97 Å². The maximum atomic E-state index is 11.0. The van der Waals surface area contributed by atoms with Gasteiger partial charge in [-0.2, -0.15) is 0 Å². The van der Waals surface area contributed by atoms with Crippen LogP contribution in [0.15, 0.2) is 15.9 Å². The summed E-state index contributed by atoms with van der Waals surface area (Å²) in [6.45, 7) is 3.37. The Hall–Kier alpha value is -1.27. The molecule has 2 heterocycles. The Morgan fingerprint density at radius 2 is 1.88 bits per heavy atom. The summed E-state index contributed by atoms with van der Waals surface area (Å²) in [6.07, 6.45) is 0. The molecule has 0 aliphatic rings. The van der Waals surface area contributed by atoms with Crippen LogP contribution < -0.4 is 0 Å². The maximum Gasteiger partial charge on any atom is 0.339 e. The van der Waals surface area contributed by atoms with Crippen molar-refractivity contribution in [3.8, 4) is 10.7 Å². The first-order valence-corrected chi connectivity index (χ1v) is 6.44. The van der Waals surface area contributed by atoms with Crippen LogP contribution in [0, 0.1) is 13.8 Å². The highest BCUT2D eigenvalue weighted by Gasteiger charge is 2.16. The van der Waals surface area contributed by atoms with Gasteiger partial charge >= 0.3 is 5.97 Å². The van der Waals surface area contributed by atoms with Crippen LogP contribution in [0.1, 0.15) is 21.7 Å². The van der Waals surface area contributed by atoms with Gasteiger partial charge in [-0.15, -0.1) is 11.3 Å². The molecule has 2 aromatic rings. The summed E-state index contributed by atoms with van der Waals surface area (Å²) in [5.41, 5.74) is 1.17. The minimum absolute atomic E-state index is 0.185. The number of hydrogen-bond acceptors (Lipinski definition) is 4. The van der Waals surface area contributed by atoms with Crippen LogP contribution in [0.2, 0.25) is 0 Å². The van der Waals surface area contributed by atoms with Gasteiger partial charge in [0.2, 0.25) is 0 Å². The number of aryl methyl sites for hydroxylation is 2. The number of carboxylic acids is 1. The summed E-state index contributed by atoms with van der Waals surface area (Å²) in [5, 5.41) is 9.03. The molecular formula is C11H9BrN2O2S. The van der Waals surface area contributed by atoms with Crippen molar-refractivity contribution in [3.05, 3.63) is 32.9 Å². The molecule has 1 N–H and O–H groups in total. The number of carboxylic acid groups (broad SMARTS) is 1. The van der Waals surface area contributed by atoms with Crippen molar-refractivity contribution in [2.45, 2.75) is 13.8 Å². The van der Waals surface area contributed by atoms with E-state index in [2.05, 4.69) is 25.9 Å². The highest BCUT2D eigenvalue weighted by atomic mass is 79.9. The molecule has 0 atom stereocenters. The average molecular weight is 313 g/mol. The summed E-state index contributed by atoms with van der Waals surface area (Å²) in [6, 6.07) is 3.82. The normalized spacial score (nSPS) is 10.5. The number of carbonyl (C=O) groups is 1. The monoisotopic (exact) mass is 312 g/mol. The zero-order chi connectivity index (χ0) is 12.6. The van der Waals surface area contributed by atoms with E-state index in [1.54, 1.807) is 13.8 Å². The van der Waals surface area contributed by atoms with Gasteiger partial charge in [0.1, 0.15) is 5.56 Å². The maximum absolute atomic E-state index is 11.0. The Bertz CT molecular complexity index is 572. The topological polar surface area (TPSA) is 63.1 Å². The number of aromatic carboxylic acids is 1. The number of halogens is 1. The fourth-order valence-electron chi connectivity index (χ4n) is 1.57. The number of rotatable bonds is 2. The van der Waals surface area contributed by atoms with E-state index in [1.807, 2.05) is 12.1 Å². The molecule has 0 radical (unpaired) electrons. The van der Waals surface area contributed by atoms with Crippen molar-refractivity contribution in [2.24, 2.45) is 0 Å². The third kappa shape index (κ3) is 2.37.